The van der Waals surface area contributed by atoms with E-state index in [4.69, 9.17) is 11.6 Å². The highest BCUT2D eigenvalue weighted by molar-refractivity contribution is 6.29. The SMILES string of the molecule is FC(F)(F)C1(c2cccc(Cl)n2)CC1. The van der Waals surface area contributed by atoms with Gasteiger partial charge in [-0.1, -0.05) is 17.7 Å². The monoisotopic (exact) mass is 221 g/mol. The van der Waals surface area contributed by atoms with E-state index in [-0.39, 0.29) is 23.7 Å². The van der Waals surface area contributed by atoms with Gasteiger partial charge in [0, 0.05) is 0 Å². The molecule has 5 heteroatoms. The highest BCUT2D eigenvalue weighted by Crippen LogP contribution is 2.58. The van der Waals surface area contributed by atoms with Crippen LogP contribution in [-0.2, 0) is 5.41 Å². The van der Waals surface area contributed by atoms with Crippen LogP contribution in [0.2, 0.25) is 5.15 Å². The largest absolute Gasteiger partial charge is 0.399 e. The minimum atomic E-state index is -4.22. The molecule has 1 nitrogen and oxygen atoms in total. The second-order valence-corrected chi connectivity index (χ2v) is 3.81. The molecule has 0 aromatic carbocycles. The van der Waals surface area contributed by atoms with Crippen molar-refractivity contribution in [2.45, 2.75) is 24.4 Å². The molecule has 14 heavy (non-hydrogen) atoms. The molecule has 1 aliphatic carbocycles. The Labute approximate surface area is 83.9 Å². The van der Waals surface area contributed by atoms with Crippen LogP contribution in [-0.4, -0.2) is 11.2 Å². The summed E-state index contributed by atoms with van der Waals surface area (Å²) in [7, 11) is 0. The van der Waals surface area contributed by atoms with Gasteiger partial charge in [0.1, 0.15) is 10.6 Å². The molecule has 0 atom stereocenters. The van der Waals surface area contributed by atoms with Crippen LogP contribution < -0.4 is 0 Å². The van der Waals surface area contributed by atoms with Crippen LogP contribution in [0.5, 0.6) is 0 Å². The van der Waals surface area contributed by atoms with Gasteiger partial charge in [-0.3, -0.25) is 0 Å². The van der Waals surface area contributed by atoms with Crippen molar-refractivity contribution in [3.8, 4) is 0 Å². The van der Waals surface area contributed by atoms with Crippen molar-refractivity contribution in [1.82, 2.24) is 4.98 Å². The zero-order valence-corrected chi connectivity index (χ0v) is 7.86. The molecular formula is C9H7ClF3N. The summed E-state index contributed by atoms with van der Waals surface area (Å²) in [5, 5.41) is 0.109. The van der Waals surface area contributed by atoms with Gasteiger partial charge in [0.2, 0.25) is 0 Å². The Bertz CT molecular complexity index is 357. The number of pyridine rings is 1. The fraction of sp³-hybridized carbons (Fsp3) is 0.444. The Balaban J connectivity index is 2.41. The fourth-order valence-corrected chi connectivity index (χ4v) is 1.65. The Morgan fingerprint density at radius 1 is 1.29 bits per heavy atom. The summed E-state index contributed by atoms with van der Waals surface area (Å²) in [6.07, 6.45) is -3.99. The van der Waals surface area contributed by atoms with Crippen LogP contribution in [0, 0.1) is 0 Å². The first kappa shape index (κ1) is 9.77. The topological polar surface area (TPSA) is 12.9 Å². The lowest BCUT2D eigenvalue weighted by Gasteiger charge is -2.18. The average molecular weight is 222 g/mol. The summed E-state index contributed by atoms with van der Waals surface area (Å²) in [4.78, 5) is 3.72. The molecule has 0 amide bonds. The summed E-state index contributed by atoms with van der Waals surface area (Å²) in [6.45, 7) is 0. The predicted octanol–water partition coefficient (Wildman–Crippen LogP) is 3.33. The van der Waals surface area contributed by atoms with E-state index < -0.39 is 11.6 Å². The molecule has 1 aromatic rings. The Hall–Kier alpha value is -0.770. The van der Waals surface area contributed by atoms with Gasteiger partial charge in [-0.15, -0.1) is 0 Å². The Kier molecular flexibility index (Phi) is 2.00. The molecule has 0 bridgehead atoms. The van der Waals surface area contributed by atoms with Crippen LogP contribution in [0.15, 0.2) is 18.2 Å². The fourth-order valence-electron chi connectivity index (χ4n) is 1.48. The third kappa shape index (κ3) is 1.38. The van der Waals surface area contributed by atoms with Crippen molar-refractivity contribution in [2.24, 2.45) is 0 Å². The third-order valence-corrected chi connectivity index (χ3v) is 2.71. The normalized spacial score (nSPS) is 19.4. The average Bonchev–Trinajstić information content (AvgIpc) is 2.82. The van der Waals surface area contributed by atoms with Crippen LogP contribution in [0.4, 0.5) is 13.2 Å². The quantitative estimate of drug-likeness (QED) is 0.663. The van der Waals surface area contributed by atoms with E-state index in [0.29, 0.717) is 0 Å². The second-order valence-electron chi connectivity index (χ2n) is 3.43. The Morgan fingerprint density at radius 3 is 2.36 bits per heavy atom. The minimum absolute atomic E-state index is 0.0394. The summed E-state index contributed by atoms with van der Waals surface area (Å²) < 4.78 is 37.9. The number of nitrogens with zero attached hydrogens (tertiary/aromatic N) is 1. The zero-order chi connectivity index (χ0) is 10.4. The van der Waals surface area contributed by atoms with Crippen molar-refractivity contribution in [2.75, 3.05) is 0 Å². The van der Waals surface area contributed by atoms with Gasteiger partial charge in [-0.25, -0.2) is 4.98 Å². The molecule has 0 spiro atoms. The van der Waals surface area contributed by atoms with Crippen molar-refractivity contribution in [3.05, 3.63) is 29.0 Å². The lowest BCUT2D eigenvalue weighted by Crippen LogP contribution is -2.29. The molecule has 1 aromatic heterocycles. The number of rotatable bonds is 1. The van der Waals surface area contributed by atoms with Crippen LogP contribution in [0.1, 0.15) is 18.5 Å². The number of hydrogen-bond donors (Lipinski definition) is 0. The first-order valence-electron chi connectivity index (χ1n) is 4.15. The van der Waals surface area contributed by atoms with E-state index in [1.54, 1.807) is 0 Å². The van der Waals surface area contributed by atoms with Gasteiger partial charge < -0.3 is 0 Å². The lowest BCUT2D eigenvalue weighted by atomic mass is 10.0. The predicted molar refractivity (Wildman–Crippen MR) is 46.2 cm³/mol. The molecule has 76 valence electrons. The molecule has 0 saturated heterocycles. The van der Waals surface area contributed by atoms with Crippen LogP contribution in [0.25, 0.3) is 0 Å². The number of alkyl halides is 3. The first-order valence-corrected chi connectivity index (χ1v) is 4.53. The van der Waals surface area contributed by atoms with E-state index in [0.717, 1.165) is 0 Å². The molecule has 2 rings (SSSR count). The van der Waals surface area contributed by atoms with Crippen molar-refractivity contribution in [1.29, 1.82) is 0 Å². The maximum atomic E-state index is 12.6. The zero-order valence-electron chi connectivity index (χ0n) is 7.11. The van der Waals surface area contributed by atoms with Gasteiger partial charge in [0.25, 0.3) is 0 Å². The molecule has 0 N–H and O–H groups in total. The number of hydrogen-bond acceptors (Lipinski definition) is 1. The molecule has 1 fully saturated rings. The highest BCUT2D eigenvalue weighted by Gasteiger charge is 2.65. The number of aromatic nitrogens is 1. The van der Waals surface area contributed by atoms with Gasteiger partial charge in [-0.05, 0) is 25.0 Å². The molecule has 0 radical (unpaired) electrons. The van der Waals surface area contributed by atoms with E-state index in [9.17, 15) is 13.2 Å². The second kappa shape index (κ2) is 2.86. The van der Waals surface area contributed by atoms with Gasteiger partial charge in [0.05, 0.1) is 5.69 Å². The molecule has 0 aliphatic heterocycles. The molecule has 1 heterocycles. The first-order chi connectivity index (χ1) is 6.46. The number of halogens is 4. The van der Waals surface area contributed by atoms with Crippen molar-refractivity contribution in [3.63, 3.8) is 0 Å². The van der Waals surface area contributed by atoms with E-state index >= 15 is 0 Å². The summed E-state index contributed by atoms with van der Waals surface area (Å²) in [5.74, 6) is 0. The summed E-state index contributed by atoms with van der Waals surface area (Å²) >= 11 is 5.55. The third-order valence-electron chi connectivity index (χ3n) is 2.50. The smallest absolute Gasteiger partial charge is 0.240 e. The Morgan fingerprint density at radius 2 is 1.93 bits per heavy atom. The van der Waals surface area contributed by atoms with Gasteiger partial charge >= 0.3 is 6.18 Å². The maximum Gasteiger partial charge on any atom is 0.399 e. The minimum Gasteiger partial charge on any atom is -0.240 e. The van der Waals surface area contributed by atoms with E-state index in [2.05, 4.69) is 4.98 Å². The summed E-state index contributed by atoms with van der Waals surface area (Å²) in [5.41, 5.74) is -1.68. The van der Waals surface area contributed by atoms with Gasteiger partial charge in [-0.2, -0.15) is 13.2 Å². The van der Waals surface area contributed by atoms with Crippen molar-refractivity contribution >= 4 is 11.6 Å². The van der Waals surface area contributed by atoms with E-state index in [1.807, 2.05) is 0 Å². The lowest BCUT2D eigenvalue weighted by molar-refractivity contribution is -0.161. The summed E-state index contributed by atoms with van der Waals surface area (Å²) in [6, 6.07) is 4.35. The maximum absolute atomic E-state index is 12.6. The molecule has 0 unspecified atom stereocenters. The molecule has 1 saturated carbocycles. The van der Waals surface area contributed by atoms with Crippen LogP contribution in [0.3, 0.4) is 0 Å². The van der Waals surface area contributed by atoms with Crippen LogP contribution >= 0.6 is 11.6 Å². The van der Waals surface area contributed by atoms with E-state index in [1.165, 1.54) is 18.2 Å². The van der Waals surface area contributed by atoms with Crippen molar-refractivity contribution < 1.29 is 13.2 Å². The van der Waals surface area contributed by atoms with Gasteiger partial charge in [0.15, 0.2) is 0 Å². The molecular weight excluding hydrogens is 215 g/mol. The standard InChI is InChI=1S/C9H7ClF3N/c10-7-3-1-2-6(14-7)8(4-5-8)9(11,12)13/h1-3H,4-5H2. The molecule has 1 aliphatic rings. The highest BCUT2D eigenvalue weighted by atomic mass is 35.5.